The van der Waals surface area contributed by atoms with Crippen LogP contribution in [0.1, 0.15) is 15.4 Å². The van der Waals surface area contributed by atoms with E-state index in [4.69, 9.17) is 16.7 Å². The number of hydrogen-bond donors (Lipinski definition) is 1. The summed E-state index contributed by atoms with van der Waals surface area (Å²) in [5, 5.41) is 10.6. The Labute approximate surface area is 162 Å². The van der Waals surface area contributed by atoms with Crippen LogP contribution in [0.4, 0.5) is 0 Å². The fraction of sp³-hybridized carbons (Fsp3) is 0.0526. The number of nitrogens with zero attached hydrogens (tertiary/aromatic N) is 1. The molecule has 2 aromatic carbocycles. The van der Waals surface area contributed by atoms with E-state index in [1.54, 1.807) is 0 Å². The number of aliphatic carboxylic acids is 1. The predicted molar refractivity (Wildman–Crippen MR) is 107 cm³/mol. The largest absolute Gasteiger partial charge is 0.481 e. The SMILES string of the molecule is O=C(O)Cc1sc(/C=C/c2ccc(Cl)cc2)nc1-c1ccc(Br)cc1. The van der Waals surface area contributed by atoms with Gasteiger partial charge in [-0.1, -0.05) is 57.9 Å². The van der Waals surface area contributed by atoms with Crippen molar-refractivity contribution in [3.05, 3.63) is 73.5 Å². The molecule has 0 aliphatic carbocycles. The average Bonchev–Trinajstić information content (AvgIpc) is 2.97. The minimum absolute atomic E-state index is 0.0438. The van der Waals surface area contributed by atoms with Crippen molar-refractivity contribution in [2.24, 2.45) is 0 Å². The summed E-state index contributed by atoms with van der Waals surface area (Å²) >= 11 is 10.7. The number of aromatic nitrogens is 1. The van der Waals surface area contributed by atoms with Crippen molar-refractivity contribution in [2.45, 2.75) is 6.42 Å². The van der Waals surface area contributed by atoms with Crippen LogP contribution in [0.25, 0.3) is 23.4 Å². The molecular formula is C19H13BrClNO2S. The van der Waals surface area contributed by atoms with Gasteiger partial charge in [0.2, 0.25) is 0 Å². The van der Waals surface area contributed by atoms with Gasteiger partial charge >= 0.3 is 5.97 Å². The number of carboxylic acids is 1. The standard InChI is InChI=1S/C19H13BrClNO2S/c20-14-6-4-13(5-7-14)19-16(11-18(23)24)25-17(22-19)10-3-12-1-8-15(21)9-2-12/h1-10H,11H2,(H,23,24)/b10-3+. The maximum absolute atomic E-state index is 11.2. The van der Waals surface area contributed by atoms with Gasteiger partial charge in [0.05, 0.1) is 12.1 Å². The molecule has 1 aromatic heterocycles. The van der Waals surface area contributed by atoms with E-state index < -0.39 is 5.97 Å². The predicted octanol–water partition coefficient (Wildman–Crippen LogP) is 6.02. The van der Waals surface area contributed by atoms with Crippen LogP contribution >= 0.6 is 38.9 Å². The van der Waals surface area contributed by atoms with E-state index >= 15 is 0 Å². The molecule has 0 atom stereocenters. The van der Waals surface area contributed by atoms with Crippen LogP contribution < -0.4 is 0 Å². The summed E-state index contributed by atoms with van der Waals surface area (Å²) in [5.41, 5.74) is 2.63. The van der Waals surface area contributed by atoms with E-state index in [1.165, 1.54) is 11.3 Å². The Balaban J connectivity index is 1.93. The minimum Gasteiger partial charge on any atom is -0.481 e. The molecule has 0 amide bonds. The smallest absolute Gasteiger partial charge is 0.308 e. The molecule has 0 saturated carbocycles. The number of benzene rings is 2. The Hall–Kier alpha value is -1.95. The second-order valence-electron chi connectivity index (χ2n) is 5.29. The van der Waals surface area contributed by atoms with E-state index in [2.05, 4.69) is 20.9 Å². The third-order valence-electron chi connectivity index (χ3n) is 3.43. The highest BCUT2D eigenvalue weighted by atomic mass is 79.9. The van der Waals surface area contributed by atoms with Gasteiger partial charge in [0.15, 0.2) is 0 Å². The highest BCUT2D eigenvalue weighted by Crippen LogP contribution is 2.30. The molecule has 25 heavy (non-hydrogen) atoms. The molecule has 3 aromatic rings. The van der Waals surface area contributed by atoms with E-state index in [1.807, 2.05) is 60.7 Å². The van der Waals surface area contributed by atoms with E-state index in [9.17, 15) is 4.79 Å². The number of hydrogen-bond acceptors (Lipinski definition) is 3. The van der Waals surface area contributed by atoms with Crippen molar-refractivity contribution in [3.8, 4) is 11.3 Å². The summed E-state index contributed by atoms with van der Waals surface area (Å²) < 4.78 is 0.967. The normalized spacial score (nSPS) is 11.1. The minimum atomic E-state index is -0.866. The first kappa shape index (κ1) is 17.9. The van der Waals surface area contributed by atoms with Crippen LogP contribution in [-0.2, 0) is 11.2 Å². The maximum atomic E-state index is 11.2. The van der Waals surface area contributed by atoms with Gasteiger partial charge in [-0.2, -0.15) is 0 Å². The summed E-state index contributed by atoms with van der Waals surface area (Å²) in [4.78, 5) is 16.5. The van der Waals surface area contributed by atoms with Gasteiger partial charge in [0.1, 0.15) is 5.01 Å². The van der Waals surface area contributed by atoms with Crippen molar-refractivity contribution < 1.29 is 9.90 Å². The van der Waals surface area contributed by atoms with Crippen molar-refractivity contribution in [3.63, 3.8) is 0 Å². The lowest BCUT2D eigenvalue weighted by atomic mass is 10.1. The molecule has 3 rings (SSSR count). The molecule has 0 saturated heterocycles. The second kappa shape index (κ2) is 7.95. The molecule has 0 bridgehead atoms. The lowest BCUT2D eigenvalue weighted by Crippen LogP contribution is -1.99. The van der Waals surface area contributed by atoms with Gasteiger partial charge < -0.3 is 5.11 Å². The number of carbonyl (C=O) groups is 1. The third kappa shape index (κ3) is 4.78. The fourth-order valence-corrected chi connectivity index (χ4v) is 3.64. The van der Waals surface area contributed by atoms with E-state index in [0.29, 0.717) is 5.02 Å². The molecule has 126 valence electrons. The van der Waals surface area contributed by atoms with Crippen molar-refractivity contribution in [1.29, 1.82) is 0 Å². The first-order valence-electron chi connectivity index (χ1n) is 7.42. The van der Waals surface area contributed by atoms with Crippen LogP contribution in [0.5, 0.6) is 0 Å². The van der Waals surface area contributed by atoms with Crippen molar-refractivity contribution in [2.75, 3.05) is 0 Å². The average molecular weight is 435 g/mol. The lowest BCUT2D eigenvalue weighted by Gasteiger charge is -2.00. The summed E-state index contributed by atoms with van der Waals surface area (Å²) in [6.07, 6.45) is 3.78. The van der Waals surface area contributed by atoms with Gasteiger partial charge in [-0.15, -0.1) is 11.3 Å². The van der Waals surface area contributed by atoms with Crippen LogP contribution in [0, 0.1) is 0 Å². The van der Waals surface area contributed by atoms with Gasteiger partial charge in [-0.05, 0) is 35.9 Å². The zero-order chi connectivity index (χ0) is 17.8. The third-order valence-corrected chi connectivity index (χ3v) is 5.23. The summed E-state index contributed by atoms with van der Waals surface area (Å²) in [6, 6.07) is 15.2. The topological polar surface area (TPSA) is 50.2 Å². The van der Waals surface area contributed by atoms with Gasteiger partial charge in [-0.3, -0.25) is 4.79 Å². The van der Waals surface area contributed by atoms with E-state index in [-0.39, 0.29) is 6.42 Å². The molecule has 1 N–H and O–H groups in total. The molecular weight excluding hydrogens is 422 g/mol. The zero-order valence-electron chi connectivity index (χ0n) is 12.9. The Bertz CT molecular complexity index is 918. The number of rotatable bonds is 5. The molecule has 0 radical (unpaired) electrons. The Morgan fingerprint density at radius 3 is 2.44 bits per heavy atom. The maximum Gasteiger partial charge on any atom is 0.308 e. The lowest BCUT2D eigenvalue weighted by molar-refractivity contribution is -0.136. The molecule has 3 nitrogen and oxygen atoms in total. The highest BCUT2D eigenvalue weighted by molar-refractivity contribution is 9.10. The Morgan fingerprint density at radius 2 is 1.80 bits per heavy atom. The van der Waals surface area contributed by atoms with Gasteiger partial charge in [0, 0.05) is 19.9 Å². The van der Waals surface area contributed by atoms with Crippen LogP contribution in [0.3, 0.4) is 0 Å². The molecule has 0 aliphatic rings. The molecule has 0 fully saturated rings. The molecule has 1 heterocycles. The first-order valence-corrected chi connectivity index (χ1v) is 9.41. The van der Waals surface area contributed by atoms with Crippen LogP contribution in [0.2, 0.25) is 5.02 Å². The monoisotopic (exact) mass is 433 g/mol. The molecule has 0 aliphatic heterocycles. The number of thiazole rings is 1. The number of halogens is 2. The first-order chi connectivity index (χ1) is 12.0. The Kier molecular flexibility index (Phi) is 5.68. The van der Waals surface area contributed by atoms with Crippen LogP contribution in [0.15, 0.2) is 53.0 Å². The van der Waals surface area contributed by atoms with Crippen molar-refractivity contribution in [1.82, 2.24) is 4.98 Å². The van der Waals surface area contributed by atoms with Crippen LogP contribution in [-0.4, -0.2) is 16.1 Å². The summed E-state index contributed by atoms with van der Waals surface area (Å²) in [6.45, 7) is 0. The van der Waals surface area contributed by atoms with Gasteiger partial charge in [0.25, 0.3) is 0 Å². The number of carboxylic acid groups (broad SMARTS) is 1. The fourth-order valence-electron chi connectivity index (χ4n) is 2.27. The molecule has 0 unspecified atom stereocenters. The quantitative estimate of drug-likeness (QED) is 0.534. The zero-order valence-corrected chi connectivity index (χ0v) is 16.1. The van der Waals surface area contributed by atoms with E-state index in [0.717, 1.165) is 31.2 Å². The Morgan fingerprint density at radius 1 is 1.12 bits per heavy atom. The van der Waals surface area contributed by atoms with Gasteiger partial charge in [-0.25, -0.2) is 4.98 Å². The highest BCUT2D eigenvalue weighted by Gasteiger charge is 2.14. The second-order valence-corrected chi connectivity index (χ2v) is 7.75. The molecule has 0 spiro atoms. The summed E-state index contributed by atoms with van der Waals surface area (Å²) in [5.74, 6) is -0.866. The molecule has 6 heteroatoms. The summed E-state index contributed by atoms with van der Waals surface area (Å²) in [7, 11) is 0. The van der Waals surface area contributed by atoms with Crippen molar-refractivity contribution >= 4 is 57.0 Å².